The van der Waals surface area contributed by atoms with Crippen LogP contribution in [0.5, 0.6) is 5.75 Å². The van der Waals surface area contributed by atoms with E-state index in [1.54, 1.807) is 31.4 Å². The molecule has 1 aromatic carbocycles. The zero-order valence-corrected chi connectivity index (χ0v) is 12.3. The highest BCUT2D eigenvalue weighted by Gasteiger charge is 2.15. The number of phenols is 1. The maximum absolute atomic E-state index is 11.7. The molecule has 1 aromatic rings. The highest BCUT2D eigenvalue weighted by molar-refractivity contribution is 5.75. The first kappa shape index (κ1) is 17.4. The van der Waals surface area contributed by atoms with Crippen LogP contribution in [0.2, 0.25) is 0 Å². The monoisotopic (exact) mass is 297 g/mol. The summed E-state index contributed by atoms with van der Waals surface area (Å²) in [4.78, 5) is 11.7. The van der Waals surface area contributed by atoms with E-state index in [1.165, 1.54) is 0 Å². The number of carbonyl (C=O) groups is 1. The molecule has 1 atom stereocenters. The second-order valence-electron chi connectivity index (χ2n) is 4.60. The molecule has 1 rings (SSSR count). The van der Waals surface area contributed by atoms with Gasteiger partial charge in [0.25, 0.3) is 0 Å². The number of phenolic OH excluding ortho intramolecular Hbond substituents is 1. The van der Waals surface area contributed by atoms with E-state index in [0.717, 1.165) is 5.56 Å². The topological polar surface area (TPSA) is 91.0 Å². The molecule has 0 aliphatic rings. The Morgan fingerprint density at radius 1 is 1.19 bits per heavy atom. The molecule has 0 heterocycles. The Bertz CT molecular complexity index is 407. The molecule has 0 amide bonds. The van der Waals surface area contributed by atoms with Gasteiger partial charge in [-0.3, -0.25) is 4.79 Å². The molecule has 6 heteroatoms. The van der Waals surface area contributed by atoms with Crippen molar-refractivity contribution in [1.82, 2.24) is 0 Å². The van der Waals surface area contributed by atoms with Gasteiger partial charge >= 0.3 is 5.97 Å². The third-order valence-electron chi connectivity index (χ3n) is 2.80. The van der Waals surface area contributed by atoms with Gasteiger partial charge in [0.05, 0.1) is 19.8 Å². The van der Waals surface area contributed by atoms with E-state index in [4.69, 9.17) is 19.9 Å². The molecular weight excluding hydrogens is 274 g/mol. The Morgan fingerprint density at radius 3 is 2.57 bits per heavy atom. The van der Waals surface area contributed by atoms with E-state index in [9.17, 15) is 9.90 Å². The van der Waals surface area contributed by atoms with Crippen molar-refractivity contribution in [2.75, 3.05) is 33.5 Å². The van der Waals surface area contributed by atoms with Crippen LogP contribution in [0, 0.1) is 0 Å². The number of rotatable bonds is 10. The molecule has 6 nitrogen and oxygen atoms in total. The van der Waals surface area contributed by atoms with Crippen molar-refractivity contribution in [1.29, 1.82) is 0 Å². The maximum Gasteiger partial charge on any atom is 0.323 e. The molecule has 0 radical (unpaired) electrons. The van der Waals surface area contributed by atoms with Crippen LogP contribution in [0.15, 0.2) is 24.3 Å². The quantitative estimate of drug-likeness (QED) is 0.491. The SMILES string of the molecule is COCCOCCCOC(=O)C(N)Cc1ccc(O)cc1. The van der Waals surface area contributed by atoms with E-state index in [2.05, 4.69) is 0 Å². The van der Waals surface area contributed by atoms with Crippen molar-refractivity contribution in [3.05, 3.63) is 29.8 Å². The highest BCUT2D eigenvalue weighted by Crippen LogP contribution is 2.11. The minimum atomic E-state index is -0.705. The molecule has 0 fully saturated rings. The zero-order chi connectivity index (χ0) is 15.5. The Kier molecular flexibility index (Phi) is 8.42. The predicted octanol–water partition coefficient (Wildman–Crippen LogP) is 0.858. The van der Waals surface area contributed by atoms with Crippen LogP contribution in [0.3, 0.4) is 0 Å². The summed E-state index contributed by atoms with van der Waals surface area (Å²) in [5.41, 5.74) is 6.66. The van der Waals surface area contributed by atoms with Gasteiger partial charge in [0.1, 0.15) is 11.8 Å². The lowest BCUT2D eigenvalue weighted by Gasteiger charge is -2.11. The van der Waals surface area contributed by atoms with Gasteiger partial charge in [-0.1, -0.05) is 12.1 Å². The van der Waals surface area contributed by atoms with E-state index in [-0.39, 0.29) is 12.4 Å². The number of hydrogen-bond donors (Lipinski definition) is 2. The minimum absolute atomic E-state index is 0.184. The zero-order valence-electron chi connectivity index (χ0n) is 12.3. The van der Waals surface area contributed by atoms with E-state index >= 15 is 0 Å². The molecule has 0 bridgehead atoms. The first-order valence-corrected chi connectivity index (χ1v) is 6.90. The fraction of sp³-hybridized carbons (Fsp3) is 0.533. The largest absolute Gasteiger partial charge is 0.508 e. The number of esters is 1. The lowest BCUT2D eigenvalue weighted by atomic mass is 10.1. The third-order valence-corrected chi connectivity index (χ3v) is 2.80. The van der Waals surface area contributed by atoms with Crippen LogP contribution < -0.4 is 5.73 Å². The number of benzene rings is 1. The summed E-state index contributed by atoms with van der Waals surface area (Å²) in [5.74, 6) is -0.247. The molecule has 0 spiro atoms. The van der Waals surface area contributed by atoms with Crippen LogP contribution in [0.1, 0.15) is 12.0 Å². The number of carbonyl (C=O) groups excluding carboxylic acids is 1. The Labute approximate surface area is 124 Å². The van der Waals surface area contributed by atoms with Gasteiger partial charge in [-0.05, 0) is 24.1 Å². The van der Waals surface area contributed by atoms with Crippen molar-refractivity contribution < 1.29 is 24.1 Å². The molecule has 0 aliphatic heterocycles. The van der Waals surface area contributed by atoms with Crippen LogP contribution in [-0.2, 0) is 25.4 Å². The lowest BCUT2D eigenvalue weighted by molar-refractivity contribution is -0.145. The summed E-state index contributed by atoms with van der Waals surface area (Å²) in [5, 5.41) is 9.18. The summed E-state index contributed by atoms with van der Waals surface area (Å²) >= 11 is 0. The molecule has 118 valence electrons. The Morgan fingerprint density at radius 2 is 1.90 bits per heavy atom. The predicted molar refractivity (Wildman–Crippen MR) is 78.1 cm³/mol. The fourth-order valence-electron chi connectivity index (χ4n) is 1.65. The Balaban J connectivity index is 2.15. The van der Waals surface area contributed by atoms with E-state index in [0.29, 0.717) is 32.7 Å². The van der Waals surface area contributed by atoms with Gasteiger partial charge in [0.2, 0.25) is 0 Å². The van der Waals surface area contributed by atoms with Crippen molar-refractivity contribution in [3.63, 3.8) is 0 Å². The van der Waals surface area contributed by atoms with Crippen LogP contribution in [0.25, 0.3) is 0 Å². The normalized spacial score (nSPS) is 12.1. The summed E-state index contributed by atoms with van der Waals surface area (Å²) in [6, 6.07) is 5.87. The van der Waals surface area contributed by atoms with Gasteiger partial charge in [-0.25, -0.2) is 0 Å². The standard InChI is InChI=1S/C15H23NO5/c1-19-9-10-20-7-2-8-21-15(18)14(16)11-12-3-5-13(17)6-4-12/h3-6,14,17H,2,7-11,16H2,1H3. The average Bonchev–Trinajstić information content (AvgIpc) is 2.48. The van der Waals surface area contributed by atoms with Crippen LogP contribution in [0.4, 0.5) is 0 Å². The average molecular weight is 297 g/mol. The first-order chi connectivity index (χ1) is 10.1. The molecule has 0 saturated heterocycles. The van der Waals surface area contributed by atoms with E-state index < -0.39 is 12.0 Å². The Hall–Kier alpha value is -1.63. The molecular formula is C15H23NO5. The number of aromatic hydroxyl groups is 1. The number of nitrogens with two attached hydrogens (primary N) is 1. The number of ether oxygens (including phenoxy) is 3. The molecule has 3 N–H and O–H groups in total. The third kappa shape index (κ3) is 7.65. The minimum Gasteiger partial charge on any atom is -0.508 e. The van der Waals surface area contributed by atoms with Crippen molar-refractivity contribution in [2.24, 2.45) is 5.73 Å². The summed E-state index contributed by atoms with van der Waals surface area (Å²) in [7, 11) is 1.61. The van der Waals surface area contributed by atoms with Crippen molar-refractivity contribution >= 4 is 5.97 Å². The summed E-state index contributed by atoms with van der Waals surface area (Å²) in [6.45, 7) is 1.89. The van der Waals surface area contributed by atoms with Gasteiger partial charge in [0.15, 0.2) is 0 Å². The maximum atomic E-state index is 11.7. The van der Waals surface area contributed by atoms with Gasteiger partial charge in [-0.15, -0.1) is 0 Å². The van der Waals surface area contributed by atoms with Crippen molar-refractivity contribution in [3.8, 4) is 5.75 Å². The fourth-order valence-corrected chi connectivity index (χ4v) is 1.65. The molecule has 1 unspecified atom stereocenters. The van der Waals surface area contributed by atoms with Gasteiger partial charge in [-0.2, -0.15) is 0 Å². The van der Waals surface area contributed by atoms with Gasteiger partial charge in [0, 0.05) is 20.1 Å². The molecule has 0 saturated carbocycles. The summed E-state index contributed by atoms with van der Waals surface area (Å²) < 4.78 is 15.2. The second-order valence-corrected chi connectivity index (χ2v) is 4.60. The van der Waals surface area contributed by atoms with Crippen LogP contribution >= 0.6 is 0 Å². The smallest absolute Gasteiger partial charge is 0.323 e. The summed E-state index contributed by atoms with van der Waals surface area (Å²) in [6.07, 6.45) is 1.00. The van der Waals surface area contributed by atoms with E-state index in [1.807, 2.05) is 0 Å². The second kappa shape index (κ2) is 10.1. The lowest BCUT2D eigenvalue weighted by Crippen LogP contribution is -2.34. The first-order valence-electron chi connectivity index (χ1n) is 6.90. The highest BCUT2D eigenvalue weighted by atomic mass is 16.5. The molecule has 0 aliphatic carbocycles. The number of methoxy groups -OCH3 is 1. The van der Waals surface area contributed by atoms with Crippen LogP contribution in [-0.4, -0.2) is 50.7 Å². The van der Waals surface area contributed by atoms with Gasteiger partial charge < -0.3 is 25.1 Å². The number of hydrogen-bond acceptors (Lipinski definition) is 6. The molecule has 21 heavy (non-hydrogen) atoms. The molecule has 0 aromatic heterocycles. The van der Waals surface area contributed by atoms with Crippen molar-refractivity contribution in [2.45, 2.75) is 18.9 Å².